The molecule has 1 atom stereocenters. The predicted octanol–water partition coefficient (Wildman–Crippen LogP) is 5.02. The summed E-state index contributed by atoms with van der Waals surface area (Å²) in [5, 5.41) is 6.19. The largest absolute Gasteiger partial charge is 0.312 e. The average Bonchev–Trinajstić information content (AvgIpc) is 2.51. The Kier molecular flexibility index (Phi) is 6.41. The lowest BCUT2D eigenvalue weighted by Gasteiger charge is -2.18. The van der Waals surface area contributed by atoms with Gasteiger partial charge in [0.2, 0.25) is 0 Å². The quantitative estimate of drug-likeness (QED) is 0.684. The molecule has 2 heteroatoms. The van der Waals surface area contributed by atoms with E-state index in [2.05, 4.69) is 73.5 Å². The van der Waals surface area contributed by atoms with Crippen LogP contribution in [0.5, 0.6) is 0 Å². The van der Waals surface area contributed by atoms with Crippen molar-refractivity contribution in [2.24, 2.45) is 0 Å². The Labute approximate surface area is 127 Å². The molecule has 20 heavy (non-hydrogen) atoms. The number of thioether (sulfide) groups is 1. The molecular weight excluding hydrogens is 262 g/mol. The minimum Gasteiger partial charge on any atom is -0.312 e. The van der Waals surface area contributed by atoms with Crippen LogP contribution >= 0.6 is 11.8 Å². The Balaban J connectivity index is 2.05. The lowest BCUT2D eigenvalue weighted by molar-refractivity contribution is 0.666. The number of benzene rings is 2. The van der Waals surface area contributed by atoms with Gasteiger partial charge in [-0.15, -0.1) is 0 Å². The highest BCUT2D eigenvalue weighted by Gasteiger charge is 2.11. The summed E-state index contributed by atoms with van der Waals surface area (Å²) >= 11 is 2.07. The first kappa shape index (κ1) is 15.4. The number of hydrogen-bond donors (Lipinski definition) is 1. The highest BCUT2D eigenvalue weighted by Crippen LogP contribution is 2.26. The Morgan fingerprint density at radius 3 is 2.65 bits per heavy atom. The van der Waals surface area contributed by atoms with E-state index < -0.39 is 0 Å². The maximum atomic E-state index is 3.48. The van der Waals surface area contributed by atoms with Crippen molar-refractivity contribution in [1.29, 1.82) is 0 Å². The van der Waals surface area contributed by atoms with Gasteiger partial charge in [0.1, 0.15) is 0 Å². The second kappa shape index (κ2) is 8.33. The molecule has 0 saturated heterocycles. The van der Waals surface area contributed by atoms with Crippen LogP contribution in [0.15, 0.2) is 42.5 Å². The summed E-state index contributed by atoms with van der Waals surface area (Å²) in [5.41, 5.74) is 1.42. The zero-order valence-corrected chi connectivity index (χ0v) is 13.4. The van der Waals surface area contributed by atoms with E-state index >= 15 is 0 Å². The van der Waals surface area contributed by atoms with Crippen molar-refractivity contribution in [2.45, 2.75) is 32.2 Å². The summed E-state index contributed by atoms with van der Waals surface area (Å²) in [7, 11) is 2.07. The molecule has 0 spiro atoms. The number of hydrogen-bond acceptors (Lipinski definition) is 2. The van der Waals surface area contributed by atoms with E-state index in [0.29, 0.717) is 6.04 Å². The molecule has 0 bridgehead atoms. The van der Waals surface area contributed by atoms with Gasteiger partial charge in [-0.2, -0.15) is 11.8 Å². The first-order chi connectivity index (χ1) is 9.86. The van der Waals surface area contributed by atoms with Crippen LogP contribution in [0.1, 0.15) is 37.8 Å². The van der Waals surface area contributed by atoms with Crippen molar-refractivity contribution >= 4 is 22.5 Å². The van der Waals surface area contributed by atoms with Crippen LogP contribution in [0.25, 0.3) is 10.8 Å². The SMILES string of the molecule is CCCCCSCC(NC)c1cccc2ccccc12. The van der Waals surface area contributed by atoms with Crippen molar-refractivity contribution in [2.75, 3.05) is 18.6 Å². The van der Waals surface area contributed by atoms with Crippen molar-refractivity contribution in [1.82, 2.24) is 5.32 Å². The van der Waals surface area contributed by atoms with Gasteiger partial charge >= 0.3 is 0 Å². The molecule has 0 aliphatic heterocycles. The van der Waals surface area contributed by atoms with Crippen molar-refractivity contribution < 1.29 is 0 Å². The third-order valence-corrected chi connectivity index (χ3v) is 4.87. The van der Waals surface area contributed by atoms with Crippen LogP contribution in [0, 0.1) is 0 Å². The molecule has 2 rings (SSSR count). The van der Waals surface area contributed by atoms with Crippen LogP contribution in [-0.4, -0.2) is 18.6 Å². The smallest absolute Gasteiger partial charge is 0.0415 e. The molecule has 1 nitrogen and oxygen atoms in total. The molecule has 0 aromatic heterocycles. The fourth-order valence-corrected chi connectivity index (χ4v) is 3.70. The molecule has 1 unspecified atom stereocenters. The van der Waals surface area contributed by atoms with Crippen LogP contribution < -0.4 is 5.32 Å². The lowest BCUT2D eigenvalue weighted by atomic mass is 10.00. The summed E-state index contributed by atoms with van der Waals surface area (Å²) < 4.78 is 0. The van der Waals surface area contributed by atoms with Crippen molar-refractivity contribution in [3.63, 3.8) is 0 Å². The minimum absolute atomic E-state index is 0.438. The van der Waals surface area contributed by atoms with Gasteiger partial charge < -0.3 is 5.32 Å². The third-order valence-electron chi connectivity index (χ3n) is 3.72. The molecule has 0 fully saturated rings. The van der Waals surface area contributed by atoms with Gasteiger partial charge in [-0.1, -0.05) is 62.2 Å². The Hall–Kier alpha value is -0.990. The highest BCUT2D eigenvalue weighted by molar-refractivity contribution is 7.99. The predicted molar refractivity (Wildman–Crippen MR) is 92.6 cm³/mol. The van der Waals surface area contributed by atoms with Crippen molar-refractivity contribution in [3.05, 3.63) is 48.0 Å². The third kappa shape index (κ3) is 4.00. The summed E-state index contributed by atoms with van der Waals surface area (Å²) in [6.07, 6.45) is 4.00. The van der Waals surface area contributed by atoms with Gasteiger partial charge in [0.05, 0.1) is 0 Å². The molecule has 0 saturated carbocycles. The number of nitrogens with one attached hydrogen (secondary N) is 1. The fraction of sp³-hybridized carbons (Fsp3) is 0.444. The summed E-state index contributed by atoms with van der Waals surface area (Å²) in [6.45, 7) is 2.26. The van der Waals surface area contributed by atoms with E-state index in [1.54, 1.807) is 0 Å². The number of rotatable bonds is 8. The van der Waals surface area contributed by atoms with Crippen LogP contribution in [-0.2, 0) is 0 Å². The monoisotopic (exact) mass is 287 g/mol. The maximum Gasteiger partial charge on any atom is 0.0415 e. The standard InChI is InChI=1S/C18H25NS/c1-3-4-7-13-20-14-18(19-2)17-12-8-10-15-9-5-6-11-16(15)17/h5-6,8-12,18-19H,3-4,7,13-14H2,1-2H3. The average molecular weight is 287 g/mol. The second-order valence-corrected chi connectivity index (χ2v) is 6.34. The van der Waals surface area contributed by atoms with Gasteiger partial charge in [-0.25, -0.2) is 0 Å². The molecular formula is C18H25NS. The molecule has 2 aromatic carbocycles. The van der Waals surface area contributed by atoms with Gasteiger partial charge in [-0.05, 0) is 35.6 Å². The zero-order valence-electron chi connectivity index (χ0n) is 12.6. The lowest BCUT2D eigenvalue weighted by Crippen LogP contribution is -2.19. The summed E-state index contributed by atoms with van der Waals surface area (Å²) in [5.74, 6) is 2.42. The number of unbranched alkanes of at least 4 members (excludes halogenated alkanes) is 2. The summed E-state index contributed by atoms with van der Waals surface area (Å²) in [6, 6.07) is 15.7. The summed E-state index contributed by atoms with van der Waals surface area (Å²) in [4.78, 5) is 0. The number of fused-ring (bicyclic) bond motifs is 1. The molecule has 0 radical (unpaired) electrons. The van der Waals surface area contributed by atoms with Gasteiger partial charge in [-0.3, -0.25) is 0 Å². The van der Waals surface area contributed by atoms with E-state index in [1.165, 1.54) is 41.4 Å². The fourth-order valence-electron chi connectivity index (χ4n) is 2.54. The molecule has 0 heterocycles. The molecule has 2 aromatic rings. The Bertz CT molecular complexity index is 518. The van der Waals surface area contributed by atoms with E-state index in [0.717, 1.165) is 5.75 Å². The zero-order chi connectivity index (χ0) is 14.2. The molecule has 0 amide bonds. The highest BCUT2D eigenvalue weighted by atomic mass is 32.2. The topological polar surface area (TPSA) is 12.0 Å². The van der Waals surface area contributed by atoms with Crippen LogP contribution in [0.2, 0.25) is 0 Å². The normalized spacial score (nSPS) is 12.7. The van der Waals surface area contributed by atoms with Gasteiger partial charge in [0.25, 0.3) is 0 Å². The maximum absolute atomic E-state index is 3.48. The van der Waals surface area contributed by atoms with E-state index in [1.807, 2.05) is 0 Å². The van der Waals surface area contributed by atoms with Gasteiger partial charge in [0.15, 0.2) is 0 Å². The van der Waals surface area contributed by atoms with E-state index in [4.69, 9.17) is 0 Å². The second-order valence-electron chi connectivity index (χ2n) is 5.19. The van der Waals surface area contributed by atoms with E-state index in [-0.39, 0.29) is 0 Å². The van der Waals surface area contributed by atoms with Gasteiger partial charge in [0, 0.05) is 11.8 Å². The minimum atomic E-state index is 0.438. The molecule has 1 N–H and O–H groups in total. The molecule has 0 aliphatic rings. The first-order valence-electron chi connectivity index (χ1n) is 7.59. The molecule has 108 valence electrons. The Morgan fingerprint density at radius 1 is 1.05 bits per heavy atom. The Morgan fingerprint density at radius 2 is 1.85 bits per heavy atom. The first-order valence-corrected chi connectivity index (χ1v) is 8.75. The van der Waals surface area contributed by atoms with E-state index in [9.17, 15) is 0 Å². The molecule has 0 aliphatic carbocycles. The van der Waals surface area contributed by atoms with Crippen LogP contribution in [0.3, 0.4) is 0 Å². The van der Waals surface area contributed by atoms with Crippen molar-refractivity contribution in [3.8, 4) is 0 Å². The van der Waals surface area contributed by atoms with Crippen LogP contribution in [0.4, 0.5) is 0 Å².